The molecular weight excluding hydrogens is 323 g/mol. The molecule has 0 unspecified atom stereocenters. The van der Waals surface area contributed by atoms with E-state index in [1.807, 2.05) is 0 Å². The smallest absolute Gasteiger partial charge is 0.416 e. The molecule has 0 bridgehead atoms. The Bertz CT molecular complexity index is 672. The predicted octanol–water partition coefficient (Wildman–Crippen LogP) is 2.19. The Hall–Kier alpha value is -1.61. The minimum Gasteiger partial charge on any atom is -0.481 e. The molecule has 1 aliphatic heterocycles. The number of alkyl halides is 3. The van der Waals surface area contributed by atoms with Gasteiger partial charge in [0.15, 0.2) is 0 Å². The van der Waals surface area contributed by atoms with Crippen LogP contribution in [0.3, 0.4) is 0 Å². The van der Waals surface area contributed by atoms with Gasteiger partial charge in [-0.25, -0.2) is 8.42 Å². The van der Waals surface area contributed by atoms with E-state index >= 15 is 0 Å². The SMILES string of the molecule is O=C(O)[C@H]1CCCN(S(=O)(=O)c2cccc(C(F)(F)F)c2)C1. The first-order chi connectivity index (χ1) is 10.1. The highest BCUT2D eigenvalue weighted by Crippen LogP contribution is 2.32. The van der Waals surface area contributed by atoms with Gasteiger partial charge in [0.2, 0.25) is 10.0 Å². The van der Waals surface area contributed by atoms with E-state index in [0.29, 0.717) is 18.9 Å². The Kier molecular flexibility index (Phi) is 4.48. The van der Waals surface area contributed by atoms with Gasteiger partial charge in [-0.05, 0) is 31.0 Å². The van der Waals surface area contributed by atoms with Crippen molar-refractivity contribution in [3.05, 3.63) is 29.8 Å². The molecule has 0 spiro atoms. The summed E-state index contributed by atoms with van der Waals surface area (Å²) in [6.07, 6.45) is -3.93. The zero-order valence-corrected chi connectivity index (χ0v) is 12.2. The summed E-state index contributed by atoms with van der Waals surface area (Å²) in [6.45, 7) is -0.129. The van der Waals surface area contributed by atoms with Crippen molar-refractivity contribution in [1.29, 1.82) is 0 Å². The Labute approximate surface area is 125 Å². The van der Waals surface area contributed by atoms with Crippen LogP contribution in [0, 0.1) is 5.92 Å². The van der Waals surface area contributed by atoms with Crippen LogP contribution in [-0.4, -0.2) is 36.9 Å². The number of benzene rings is 1. The first-order valence-corrected chi connectivity index (χ1v) is 7.96. The number of carbonyl (C=O) groups is 1. The first kappa shape index (κ1) is 16.8. The van der Waals surface area contributed by atoms with Crippen molar-refractivity contribution in [3.63, 3.8) is 0 Å². The number of carboxylic acids is 1. The molecule has 0 aromatic heterocycles. The summed E-state index contributed by atoms with van der Waals surface area (Å²) in [4.78, 5) is 10.5. The lowest BCUT2D eigenvalue weighted by atomic mass is 10.0. The molecule has 1 fully saturated rings. The van der Waals surface area contributed by atoms with Crippen molar-refractivity contribution in [2.45, 2.75) is 23.9 Å². The minimum atomic E-state index is -4.64. The van der Waals surface area contributed by atoms with Crippen LogP contribution in [0.5, 0.6) is 0 Å². The van der Waals surface area contributed by atoms with Gasteiger partial charge in [-0.15, -0.1) is 0 Å². The summed E-state index contributed by atoms with van der Waals surface area (Å²) < 4.78 is 63.8. The molecule has 5 nitrogen and oxygen atoms in total. The van der Waals surface area contributed by atoms with Crippen molar-refractivity contribution >= 4 is 16.0 Å². The molecule has 122 valence electrons. The van der Waals surface area contributed by atoms with Gasteiger partial charge in [-0.2, -0.15) is 17.5 Å². The molecule has 1 atom stereocenters. The highest BCUT2D eigenvalue weighted by molar-refractivity contribution is 7.89. The van der Waals surface area contributed by atoms with Crippen molar-refractivity contribution in [2.24, 2.45) is 5.92 Å². The van der Waals surface area contributed by atoms with Gasteiger partial charge in [-0.3, -0.25) is 4.79 Å². The fourth-order valence-electron chi connectivity index (χ4n) is 2.34. The van der Waals surface area contributed by atoms with E-state index in [1.54, 1.807) is 0 Å². The summed E-state index contributed by atoms with van der Waals surface area (Å²) in [5.74, 6) is -1.95. The number of sulfonamides is 1. The van der Waals surface area contributed by atoms with E-state index in [4.69, 9.17) is 5.11 Å². The predicted molar refractivity (Wildman–Crippen MR) is 70.6 cm³/mol. The molecule has 2 rings (SSSR count). The van der Waals surface area contributed by atoms with Gasteiger partial charge in [0.1, 0.15) is 0 Å². The van der Waals surface area contributed by atoms with Gasteiger partial charge in [-0.1, -0.05) is 6.07 Å². The highest BCUT2D eigenvalue weighted by atomic mass is 32.2. The first-order valence-electron chi connectivity index (χ1n) is 6.52. The zero-order valence-electron chi connectivity index (χ0n) is 11.4. The maximum Gasteiger partial charge on any atom is 0.416 e. The Morgan fingerprint density at radius 3 is 2.59 bits per heavy atom. The summed E-state index contributed by atoms with van der Waals surface area (Å²) >= 11 is 0. The van der Waals surface area contributed by atoms with Crippen LogP contribution in [0.25, 0.3) is 0 Å². The quantitative estimate of drug-likeness (QED) is 0.917. The zero-order chi connectivity index (χ0) is 16.5. The minimum absolute atomic E-state index is 0.0996. The maximum absolute atomic E-state index is 12.7. The molecule has 22 heavy (non-hydrogen) atoms. The number of hydrogen-bond acceptors (Lipinski definition) is 3. The Balaban J connectivity index is 2.32. The number of piperidine rings is 1. The third kappa shape index (κ3) is 3.41. The van der Waals surface area contributed by atoms with Crippen molar-refractivity contribution in [1.82, 2.24) is 4.31 Å². The topological polar surface area (TPSA) is 74.7 Å². The van der Waals surface area contributed by atoms with E-state index in [9.17, 15) is 26.4 Å². The fourth-order valence-corrected chi connectivity index (χ4v) is 3.91. The maximum atomic E-state index is 12.7. The summed E-state index contributed by atoms with van der Waals surface area (Å²) in [6, 6.07) is 3.46. The van der Waals surface area contributed by atoms with E-state index in [2.05, 4.69) is 0 Å². The fraction of sp³-hybridized carbons (Fsp3) is 0.462. The standard InChI is InChI=1S/C13H14F3NO4S/c14-13(15,16)10-4-1-5-11(7-10)22(20,21)17-6-2-3-9(8-17)12(18)19/h1,4-5,7,9H,2-3,6,8H2,(H,18,19)/t9-/m0/s1. The third-order valence-corrected chi connectivity index (χ3v) is 5.39. The number of halogens is 3. The summed E-state index contributed by atoms with van der Waals surface area (Å²) in [5.41, 5.74) is -1.06. The van der Waals surface area contributed by atoms with Crippen LogP contribution in [-0.2, 0) is 21.0 Å². The normalized spacial score (nSPS) is 20.8. The number of rotatable bonds is 3. The second-order valence-corrected chi connectivity index (χ2v) is 7.00. The molecular formula is C13H14F3NO4S. The Morgan fingerprint density at radius 1 is 1.32 bits per heavy atom. The molecule has 1 aliphatic rings. The average molecular weight is 337 g/mol. The monoisotopic (exact) mass is 337 g/mol. The molecule has 0 radical (unpaired) electrons. The van der Waals surface area contributed by atoms with Crippen LogP contribution in [0.15, 0.2) is 29.2 Å². The van der Waals surface area contributed by atoms with Crippen LogP contribution in [0.2, 0.25) is 0 Å². The molecule has 1 saturated heterocycles. The molecule has 0 amide bonds. The largest absolute Gasteiger partial charge is 0.481 e. The molecule has 9 heteroatoms. The average Bonchev–Trinajstić information content (AvgIpc) is 2.46. The lowest BCUT2D eigenvalue weighted by Crippen LogP contribution is -2.42. The number of nitrogens with zero attached hydrogens (tertiary/aromatic N) is 1. The summed E-state index contributed by atoms with van der Waals surface area (Å²) in [5, 5.41) is 8.97. The molecule has 1 N–H and O–H groups in total. The molecule has 1 aromatic rings. The number of hydrogen-bond donors (Lipinski definition) is 1. The van der Waals surface area contributed by atoms with Gasteiger partial charge >= 0.3 is 12.1 Å². The molecule has 1 aromatic carbocycles. The van der Waals surface area contributed by atoms with E-state index < -0.39 is 38.5 Å². The third-order valence-electron chi connectivity index (χ3n) is 3.53. The second kappa shape index (κ2) is 5.88. The highest BCUT2D eigenvalue weighted by Gasteiger charge is 2.35. The van der Waals surface area contributed by atoms with Crippen LogP contribution < -0.4 is 0 Å². The molecule has 0 saturated carbocycles. The van der Waals surface area contributed by atoms with Crippen LogP contribution in [0.4, 0.5) is 13.2 Å². The van der Waals surface area contributed by atoms with Crippen molar-refractivity contribution < 1.29 is 31.5 Å². The molecule has 1 heterocycles. The van der Waals surface area contributed by atoms with Crippen molar-refractivity contribution in [3.8, 4) is 0 Å². The van der Waals surface area contributed by atoms with Gasteiger partial charge < -0.3 is 5.11 Å². The number of aliphatic carboxylic acids is 1. The van der Waals surface area contributed by atoms with Gasteiger partial charge in [0, 0.05) is 13.1 Å². The number of carboxylic acid groups (broad SMARTS) is 1. The van der Waals surface area contributed by atoms with E-state index in [1.165, 1.54) is 0 Å². The van der Waals surface area contributed by atoms with Crippen molar-refractivity contribution in [2.75, 3.05) is 13.1 Å². The van der Waals surface area contributed by atoms with E-state index in [-0.39, 0.29) is 13.1 Å². The van der Waals surface area contributed by atoms with Crippen LogP contribution in [0.1, 0.15) is 18.4 Å². The van der Waals surface area contributed by atoms with Crippen LogP contribution >= 0.6 is 0 Å². The lowest BCUT2D eigenvalue weighted by Gasteiger charge is -2.29. The lowest BCUT2D eigenvalue weighted by molar-refractivity contribution is -0.143. The second-order valence-electron chi connectivity index (χ2n) is 5.07. The van der Waals surface area contributed by atoms with Gasteiger partial charge in [0.05, 0.1) is 16.4 Å². The summed E-state index contributed by atoms with van der Waals surface area (Å²) in [7, 11) is -4.14. The Morgan fingerprint density at radius 2 is 2.00 bits per heavy atom. The molecule has 0 aliphatic carbocycles. The van der Waals surface area contributed by atoms with E-state index in [0.717, 1.165) is 22.5 Å². The van der Waals surface area contributed by atoms with Gasteiger partial charge in [0.25, 0.3) is 0 Å².